The average Bonchev–Trinajstić information content (AvgIpc) is 2.57. The van der Waals surface area contributed by atoms with Crippen LogP contribution in [0.15, 0.2) is 48.5 Å². The van der Waals surface area contributed by atoms with Crippen LogP contribution in [0.3, 0.4) is 0 Å². The Hall–Kier alpha value is -3.02. The maximum absolute atomic E-state index is 12.1. The topological polar surface area (TPSA) is 87.7 Å². The summed E-state index contributed by atoms with van der Waals surface area (Å²) < 4.78 is 5.01. The van der Waals surface area contributed by atoms with Crippen LogP contribution in [0.5, 0.6) is 5.75 Å². The number of amides is 2. The standard InChI is InChI=1S/C18H20N2O4/c1-2-3-11-24-18(23)20-15-9-7-14(8-10-15)19-17(22)13-5-4-6-16(21)12-13/h4-10,12,21H,2-3,11H2,1H3,(H,19,22)(H,20,23). The number of aromatic hydroxyl groups is 1. The van der Waals surface area contributed by atoms with Crippen molar-refractivity contribution in [3.63, 3.8) is 0 Å². The molecule has 0 radical (unpaired) electrons. The molecule has 6 nitrogen and oxygen atoms in total. The quantitative estimate of drug-likeness (QED) is 0.700. The molecule has 126 valence electrons. The number of anilines is 2. The fourth-order valence-electron chi connectivity index (χ4n) is 1.95. The summed E-state index contributed by atoms with van der Waals surface area (Å²) in [5.41, 5.74) is 1.51. The molecule has 0 aliphatic carbocycles. The zero-order valence-corrected chi connectivity index (χ0v) is 13.4. The second kappa shape index (κ2) is 8.57. The van der Waals surface area contributed by atoms with Gasteiger partial charge in [0.1, 0.15) is 5.75 Å². The van der Waals surface area contributed by atoms with Gasteiger partial charge >= 0.3 is 6.09 Å². The number of hydrogen-bond acceptors (Lipinski definition) is 4. The van der Waals surface area contributed by atoms with Crippen LogP contribution in [0.2, 0.25) is 0 Å². The zero-order valence-electron chi connectivity index (χ0n) is 13.4. The lowest BCUT2D eigenvalue weighted by Gasteiger charge is -2.08. The van der Waals surface area contributed by atoms with E-state index in [0.29, 0.717) is 23.5 Å². The molecule has 24 heavy (non-hydrogen) atoms. The van der Waals surface area contributed by atoms with Gasteiger partial charge in [-0.15, -0.1) is 0 Å². The lowest BCUT2D eigenvalue weighted by molar-refractivity contribution is 0.102. The van der Waals surface area contributed by atoms with Crippen LogP contribution in [-0.2, 0) is 4.74 Å². The molecule has 2 aromatic rings. The SMILES string of the molecule is CCCCOC(=O)Nc1ccc(NC(=O)c2cccc(O)c2)cc1. The number of benzene rings is 2. The molecule has 0 saturated heterocycles. The molecule has 0 atom stereocenters. The molecule has 2 aromatic carbocycles. The Bertz CT molecular complexity index is 698. The molecular formula is C18H20N2O4. The van der Waals surface area contributed by atoms with Gasteiger partial charge in [-0.1, -0.05) is 19.4 Å². The predicted molar refractivity (Wildman–Crippen MR) is 92.4 cm³/mol. The highest BCUT2D eigenvalue weighted by molar-refractivity contribution is 6.04. The number of hydrogen-bond donors (Lipinski definition) is 3. The molecule has 0 fully saturated rings. The summed E-state index contributed by atoms with van der Waals surface area (Å²) in [6.07, 6.45) is 1.29. The minimum atomic E-state index is -0.500. The second-order valence-electron chi connectivity index (χ2n) is 5.20. The summed E-state index contributed by atoms with van der Waals surface area (Å²) in [6, 6.07) is 12.8. The Morgan fingerprint density at radius 1 is 1.04 bits per heavy atom. The van der Waals surface area contributed by atoms with Crippen LogP contribution in [0.1, 0.15) is 30.1 Å². The molecule has 0 saturated carbocycles. The predicted octanol–water partition coefficient (Wildman–Crippen LogP) is 3.99. The van der Waals surface area contributed by atoms with Crippen LogP contribution in [-0.4, -0.2) is 23.7 Å². The van der Waals surface area contributed by atoms with E-state index in [-0.39, 0.29) is 11.7 Å². The Kier molecular flexibility index (Phi) is 6.19. The number of nitrogens with one attached hydrogen (secondary N) is 2. The number of carbonyl (C=O) groups excluding carboxylic acids is 2. The number of ether oxygens (including phenoxy) is 1. The van der Waals surface area contributed by atoms with Crippen LogP contribution in [0, 0.1) is 0 Å². The number of unbranched alkanes of at least 4 members (excludes halogenated alkanes) is 1. The van der Waals surface area contributed by atoms with E-state index in [1.807, 2.05) is 6.92 Å². The lowest BCUT2D eigenvalue weighted by atomic mass is 10.2. The van der Waals surface area contributed by atoms with Crippen molar-refractivity contribution in [2.24, 2.45) is 0 Å². The zero-order chi connectivity index (χ0) is 17.4. The number of phenolic OH excluding ortho intramolecular Hbond substituents is 1. The third kappa shape index (κ3) is 5.31. The molecule has 6 heteroatoms. The van der Waals surface area contributed by atoms with E-state index < -0.39 is 6.09 Å². The largest absolute Gasteiger partial charge is 0.508 e. The van der Waals surface area contributed by atoms with Crippen LogP contribution in [0.4, 0.5) is 16.2 Å². The summed E-state index contributed by atoms with van der Waals surface area (Å²) in [4.78, 5) is 23.6. The summed E-state index contributed by atoms with van der Waals surface area (Å²) in [5.74, 6) is -0.297. The monoisotopic (exact) mass is 328 g/mol. The minimum absolute atomic E-state index is 0.0313. The molecule has 2 amide bonds. The summed E-state index contributed by atoms with van der Waals surface area (Å²) in [7, 11) is 0. The maximum atomic E-state index is 12.1. The normalized spacial score (nSPS) is 10.0. The first-order chi connectivity index (χ1) is 11.6. The molecule has 0 aromatic heterocycles. The molecule has 3 N–H and O–H groups in total. The lowest BCUT2D eigenvalue weighted by Crippen LogP contribution is -2.14. The highest BCUT2D eigenvalue weighted by Gasteiger charge is 2.07. The van der Waals surface area contributed by atoms with Gasteiger partial charge in [-0.3, -0.25) is 10.1 Å². The van der Waals surface area contributed by atoms with E-state index in [1.54, 1.807) is 36.4 Å². The Labute approximate surface area is 140 Å². The van der Waals surface area contributed by atoms with E-state index in [4.69, 9.17) is 4.74 Å². The molecule has 0 unspecified atom stereocenters. The van der Waals surface area contributed by atoms with Gasteiger partial charge in [-0.05, 0) is 48.9 Å². The first-order valence-corrected chi connectivity index (χ1v) is 7.72. The molecule has 0 bridgehead atoms. The van der Waals surface area contributed by atoms with Gasteiger partial charge in [0.2, 0.25) is 0 Å². The first-order valence-electron chi connectivity index (χ1n) is 7.72. The number of carbonyl (C=O) groups is 2. The van der Waals surface area contributed by atoms with Gasteiger partial charge in [0.15, 0.2) is 0 Å². The van der Waals surface area contributed by atoms with Gasteiger partial charge < -0.3 is 15.2 Å². The highest BCUT2D eigenvalue weighted by Crippen LogP contribution is 2.16. The highest BCUT2D eigenvalue weighted by atomic mass is 16.5. The van der Waals surface area contributed by atoms with Crippen LogP contribution >= 0.6 is 0 Å². The van der Waals surface area contributed by atoms with E-state index in [0.717, 1.165) is 12.8 Å². The Morgan fingerprint density at radius 3 is 2.33 bits per heavy atom. The molecule has 0 aliphatic heterocycles. The van der Waals surface area contributed by atoms with E-state index in [2.05, 4.69) is 10.6 Å². The maximum Gasteiger partial charge on any atom is 0.411 e. The molecule has 0 spiro atoms. The van der Waals surface area contributed by atoms with Crippen LogP contribution < -0.4 is 10.6 Å². The van der Waals surface area contributed by atoms with Crippen molar-refractivity contribution in [2.45, 2.75) is 19.8 Å². The average molecular weight is 328 g/mol. The van der Waals surface area contributed by atoms with Crippen molar-refractivity contribution in [3.05, 3.63) is 54.1 Å². The van der Waals surface area contributed by atoms with Crippen LogP contribution in [0.25, 0.3) is 0 Å². The minimum Gasteiger partial charge on any atom is -0.508 e. The number of rotatable bonds is 6. The van der Waals surface area contributed by atoms with Crippen molar-refractivity contribution in [2.75, 3.05) is 17.2 Å². The van der Waals surface area contributed by atoms with E-state index in [9.17, 15) is 14.7 Å². The van der Waals surface area contributed by atoms with Crippen molar-refractivity contribution >= 4 is 23.4 Å². The van der Waals surface area contributed by atoms with Gasteiger partial charge in [0.25, 0.3) is 5.91 Å². The van der Waals surface area contributed by atoms with Crippen molar-refractivity contribution in [1.82, 2.24) is 0 Å². The summed E-state index contributed by atoms with van der Waals surface area (Å²) in [6.45, 7) is 2.41. The molecule has 2 rings (SSSR count). The van der Waals surface area contributed by atoms with Crippen molar-refractivity contribution in [3.8, 4) is 5.75 Å². The Balaban J connectivity index is 1.90. The fourth-order valence-corrected chi connectivity index (χ4v) is 1.95. The van der Waals surface area contributed by atoms with Gasteiger partial charge in [-0.25, -0.2) is 4.79 Å². The van der Waals surface area contributed by atoms with Crippen molar-refractivity contribution < 1.29 is 19.4 Å². The molecular weight excluding hydrogens is 308 g/mol. The van der Waals surface area contributed by atoms with Crippen molar-refractivity contribution in [1.29, 1.82) is 0 Å². The summed E-state index contributed by atoms with van der Waals surface area (Å²) >= 11 is 0. The summed E-state index contributed by atoms with van der Waals surface area (Å²) in [5, 5.41) is 14.7. The number of phenols is 1. The third-order valence-corrected chi connectivity index (χ3v) is 3.23. The Morgan fingerprint density at radius 2 is 1.71 bits per heavy atom. The first kappa shape index (κ1) is 17.3. The molecule has 0 heterocycles. The van der Waals surface area contributed by atoms with Gasteiger partial charge in [0, 0.05) is 16.9 Å². The van der Waals surface area contributed by atoms with E-state index in [1.165, 1.54) is 12.1 Å². The second-order valence-corrected chi connectivity index (χ2v) is 5.20. The fraction of sp³-hybridized carbons (Fsp3) is 0.222. The van der Waals surface area contributed by atoms with Gasteiger partial charge in [-0.2, -0.15) is 0 Å². The van der Waals surface area contributed by atoms with Gasteiger partial charge in [0.05, 0.1) is 6.61 Å². The molecule has 0 aliphatic rings. The third-order valence-electron chi connectivity index (χ3n) is 3.23. The smallest absolute Gasteiger partial charge is 0.411 e. The van der Waals surface area contributed by atoms with E-state index >= 15 is 0 Å².